The van der Waals surface area contributed by atoms with Crippen LogP contribution in [-0.4, -0.2) is 38.3 Å². The average molecular weight is 426 g/mol. The standard InChI is InChI=1S/C24H22N6O2/c1-14-23(27-10-9-26-14)30-22-17-11-15(16-6-8-20(31-3)21(12-16)32-4)5-7-18(17)28-13-19(22)29(2)24(30)25/h5-13,25H,1-4H3. The number of nitrogens with zero attached hydrogens (tertiary/aromatic N) is 5. The molecule has 0 amide bonds. The summed E-state index contributed by atoms with van der Waals surface area (Å²) in [4.78, 5) is 13.5. The highest BCUT2D eigenvalue weighted by atomic mass is 16.5. The number of benzene rings is 2. The van der Waals surface area contributed by atoms with Crippen molar-refractivity contribution in [2.24, 2.45) is 7.05 Å². The quantitative estimate of drug-likeness (QED) is 0.472. The third-order valence-electron chi connectivity index (χ3n) is 5.72. The maximum absolute atomic E-state index is 8.75. The molecule has 0 spiro atoms. The molecule has 2 aromatic carbocycles. The number of methoxy groups -OCH3 is 2. The Kier molecular flexibility index (Phi) is 4.62. The van der Waals surface area contributed by atoms with Crippen LogP contribution in [-0.2, 0) is 7.05 Å². The van der Waals surface area contributed by atoms with Gasteiger partial charge >= 0.3 is 0 Å². The summed E-state index contributed by atoms with van der Waals surface area (Å²) in [5.41, 5.74) is 5.60. The number of aryl methyl sites for hydroxylation is 2. The Morgan fingerprint density at radius 2 is 1.59 bits per heavy atom. The van der Waals surface area contributed by atoms with E-state index in [1.807, 2.05) is 48.9 Å². The molecule has 1 N–H and O–H groups in total. The molecule has 32 heavy (non-hydrogen) atoms. The zero-order valence-corrected chi connectivity index (χ0v) is 18.2. The Labute approximate surface area is 184 Å². The molecule has 8 nitrogen and oxygen atoms in total. The second-order valence-corrected chi connectivity index (χ2v) is 7.48. The lowest BCUT2D eigenvalue weighted by Gasteiger charge is -2.11. The number of nitrogens with one attached hydrogen (secondary N) is 1. The third kappa shape index (κ3) is 2.91. The molecule has 160 valence electrons. The van der Waals surface area contributed by atoms with Gasteiger partial charge in [-0.15, -0.1) is 0 Å². The van der Waals surface area contributed by atoms with Gasteiger partial charge in [0.25, 0.3) is 0 Å². The van der Waals surface area contributed by atoms with Gasteiger partial charge in [0.2, 0.25) is 5.62 Å². The highest BCUT2D eigenvalue weighted by Gasteiger charge is 2.17. The highest BCUT2D eigenvalue weighted by Crippen LogP contribution is 2.34. The van der Waals surface area contributed by atoms with Crippen molar-refractivity contribution >= 4 is 21.9 Å². The summed E-state index contributed by atoms with van der Waals surface area (Å²) in [5.74, 6) is 1.98. The molecule has 0 aliphatic heterocycles. The van der Waals surface area contributed by atoms with Gasteiger partial charge in [0.15, 0.2) is 17.3 Å². The minimum atomic E-state index is 0.300. The van der Waals surface area contributed by atoms with Crippen LogP contribution in [0.3, 0.4) is 0 Å². The Balaban J connectivity index is 1.83. The second-order valence-electron chi connectivity index (χ2n) is 7.48. The zero-order valence-electron chi connectivity index (χ0n) is 18.2. The van der Waals surface area contributed by atoms with Crippen LogP contribution in [0.5, 0.6) is 11.5 Å². The molecule has 0 fully saturated rings. The fraction of sp³-hybridized carbons (Fsp3) is 0.167. The maximum Gasteiger partial charge on any atom is 0.208 e. The number of imidazole rings is 1. The molecule has 8 heteroatoms. The van der Waals surface area contributed by atoms with Crippen LogP contribution < -0.4 is 15.1 Å². The molecule has 0 atom stereocenters. The lowest BCUT2D eigenvalue weighted by atomic mass is 10.0. The van der Waals surface area contributed by atoms with E-state index in [2.05, 4.69) is 21.0 Å². The normalized spacial score (nSPS) is 11.2. The van der Waals surface area contributed by atoms with Gasteiger partial charge in [-0.05, 0) is 42.3 Å². The summed E-state index contributed by atoms with van der Waals surface area (Å²) in [6.45, 7) is 1.89. The van der Waals surface area contributed by atoms with E-state index in [0.29, 0.717) is 22.9 Å². The number of aromatic nitrogens is 5. The van der Waals surface area contributed by atoms with Gasteiger partial charge in [-0.2, -0.15) is 0 Å². The molecule has 0 unspecified atom stereocenters. The number of ether oxygens (including phenoxy) is 2. The van der Waals surface area contributed by atoms with E-state index in [4.69, 9.17) is 14.9 Å². The largest absolute Gasteiger partial charge is 0.493 e. The van der Waals surface area contributed by atoms with Crippen molar-refractivity contribution in [1.29, 1.82) is 5.41 Å². The van der Waals surface area contributed by atoms with Gasteiger partial charge in [0.1, 0.15) is 0 Å². The number of pyridine rings is 1. The monoisotopic (exact) mass is 426 g/mol. The Bertz CT molecular complexity index is 1550. The van der Waals surface area contributed by atoms with Crippen LogP contribution in [0, 0.1) is 12.3 Å². The molecule has 0 aliphatic rings. The molecule has 0 aliphatic carbocycles. The fourth-order valence-electron chi connectivity index (χ4n) is 4.04. The topological polar surface area (TPSA) is 90.8 Å². The summed E-state index contributed by atoms with van der Waals surface area (Å²) in [6, 6.07) is 12.0. The predicted octanol–water partition coefficient (Wildman–Crippen LogP) is 3.78. The maximum atomic E-state index is 8.75. The molecule has 5 rings (SSSR count). The summed E-state index contributed by atoms with van der Waals surface area (Å²) >= 11 is 0. The van der Waals surface area contributed by atoms with Crippen molar-refractivity contribution in [3.05, 3.63) is 66.3 Å². The number of hydrogen-bond donors (Lipinski definition) is 1. The minimum Gasteiger partial charge on any atom is -0.493 e. The van der Waals surface area contributed by atoms with Crippen LogP contribution in [0.2, 0.25) is 0 Å². The summed E-state index contributed by atoms with van der Waals surface area (Å²) < 4.78 is 14.5. The van der Waals surface area contributed by atoms with Crippen LogP contribution in [0.4, 0.5) is 0 Å². The van der Waals surface area contributed by atoms with Crippen LogP contribution >= 0.6 is 0 Å². The van der Waals surface area contributed by atoms with Gasteiger partial charge in [-0.3, -0.25) is 19.9 Å². The summed E-state index contributed by atoms with van der Waals surface area (Å²) in [7, 11) is 5.11. The molecule has 0 saturated carbocycles. The molecular formula is C24H22N6O2. The molecule has 3 heterocycles. The van der Waals surface area contributed by atoms with Gasteiger partial charge in [0, 0.05) is 24.8 Å². The average Bonchev–Trinajstić information content (AvgIpc) is 3.09. The molecular weight excluding hydrogens is 404 g/mol. The van der Waals surface area contributed by atoms with Crippen molar-refractivity contribution in [3.8, 4) is 28.4 Å². The van der Waals surface area contributed by atoms with Gasteiger partial charge in [0.05, 0.1) is 42.7 Å². The molecule has 0 radical (unpaired) electrons. The van der Waals surface area contributed by atoms with Gasteiger partial charge in [-0.1, -0.05) is 12.1 Å². The van der Waals surface area contributed by atoms with E-state index in [-0.39, 0.29) is 0 Å². The zero-order chi connectivity index (χ0) is 22.4. The third-order valence-corrected chi connectivity index (χ3v) is 5.72. The first kappa shape index (κ1) is 19.7. The molecule has 0 saturated heterocycles. The highest BCUT2D eigenvalue weighted by molar-refractivity contribution is 6.04. The SMILES string of the molecule is COc1ccc(-c2ccc3ncc4c(c3c2)n(-c2nccnc2C)c(=N)n4C)cc1OC. The van der Waals surface area contributed by atoms with Gasteiger partial charge in [-0.25, -0.2) is 4.98 Å². The molecule has 5 aromatic rings. The first-order chi connectivity index (χ1) is 15.5. The minimum absolute atomic E-state index is 0.300. The van der Waals surface area contributed by atoms with Crippen LogP contribution in [0.1, 0.15) is 5.69 Å². The van der Waals surface area contributed by atoms with Crippen molar-refractivity contribution in [2.75, 3.05) is 14.2 Å². The summed E-state index contributed by atoms with van der Waals surface area (Å²) in [6.07, 6.45) is 5.10. The fourth-order valence-corrected chi connectivity index (χ4v) is 4.04. The first-order valence-electron chi connectivity index (χ1n) is 10.1. The Morgan fingerprint density at radius 1 is 0.875 bits per heavy atom. The van der Waals surface area contributed by atoms with E-state index >= 15 is 0 Å². The predicted molar refractivity (Wildman–Crippen MR) is 122 cm³/mol. The van der Waals surface area contributed by atoms with Gasteiger partial charge < -0.3 is 14.0 Å². The van der Waals surface area contributed by atoms with E-state index < -0.39 is 0 Å². The molecule has 3 aromatic heterocycles. The lowest BCUT2D eigenvalue weighted by molar-refractivity contribution is 0.355. The lowest BCUT2D eigenvalue weighted by Crippen LogP contribution is -2.22. The van der Waals surface area contributed by atoms with E-state index in [9.17, 15) is 0 Å². The Morgan fingerprint density at radius 3 is 2.34 bits per heavy atom. The Hall–Kier alpha value is -4.20. The van der Waals surface area contributed by atoms with E-state index in [1.165, 1.54) is 0 Å². The van der Waals surface area contributed by atoms with Crippen molar-refractivity contribution in [3.63, 3.8) is 0 Å². The smallest absolute Gasteiger partial charge is 0.208 e. The number of fused-ring (bicyclic) bond motifs is 3. The summed E-state index contributed by atoms with van der Waals surface area (Å²) in [5, 5.41) is 9.67. The number of hydrogen-bond acceptors (Lipinski definition) is 6. The van der Waals surface area contributed by atoms with Crippen LogP contribution in [0.25, 0.3) is 38.9 Å². The number of rotatable bonds is 4. The first-order valence-corrected chi connectivity index (χ1v) is 10.1. The van der Waals surface area contributed by atoms with E-state index in [0.717, 1.165) is 38.8 Å². The molecule has 0 bridgehead atoms. The van der Waals surface area contributed by atoms with Crippen molar-refractivity contribution < 1.29 is 9.47 Å². The van der Waals surface area contributed by atoms with Crippen LogP contribution in [0.15, 0.2) is 55.0 Å². The van der Waals surface area contributed by atoms with Crippen molar-refractivity contribution in [1.82, 2.24) is 24.1 Å². The van der Waals surface area contributed by atoms with E-state index in [1.54, 1.807) is 37.4 Å². The van der Waals surface area contributed by atoms with Crippen molar-refractivity contribution in [2.45, 2.75) is 6.92 Å². The second kappa shape index (κ2) is 7.49.